The van der Waals surface area contributed by atoms with Crippen LogP contribution in [0.2, 0.25) is 5.02 Å². The van der Waals surface area contributed by atoms with E-state index in [1.807, 2.05) is 0 Å². The minimum atomic E-state index is -0.195. The summed E-state index contributed by atoms with van der Waals surface area (Å²) in [5, 5.41) is 3.21. The van der Waals surface area contributed by atoms with Crippen LogP contribution in [-0.2, 0) is 0 Å². The fourth-order valence-electron chi connectivity index (χ4n) is 0.973. The number of carbonyl (C=O) groups excluding carboxylic acids is 1. The largest absolute Gasteiger partial charge is 0.495 e. The van der Waals surface area contributed by atoms with Gasteiger partial charge in [0.25, 0.3) is 0 Å². The Kier molecular flexibility index (Phi) is 3.80. The molecule has 0 unspecified atom stereocenters. The monoisotopic (exact) mass is 228 g/mol. The number of amides is 2. The zero-order valence-corrected chi connectivity index (χ0v) is 9.63. The van der Waals surface area contributed by atoms with E-state index in [1.54, 1.807) is 32.3 Å². The van der Waals surface area contributed by atoms with Gasteiger partial charge in [-0.1, -0.05) is 11.6 Å². The summed E-state index contributed by atoms with van der Waals surface area (Å²) in [7, 11) is 4.86. The Bertz CT molecular complexity index is 366. The van der Waals surface area contributed by atoms with E-state index in [0.29, 0.717) is 16.5 Å². The first kappa shape index (κ1) is 11.7. The van der Waals surface area contributed by atoms with Gasteiger partial charge < -0.3 is 15.0 Å². The molecule has 0 atom stereocenters. The molecule has 0 saturated heterocycles. The Morgan fingerprint density at radius 3 is 2.67 bits per heavy atom. The van der Waals surface area contributed by atoms with Gasteiger partial charge in [-0.05, 0) is 12.1 Å². The van der Waals surface area contributed by atoms with Crippen molar-refractivity contribution in [3.05, 3.63) is 23.2 Å². The number of benzene rings is 1. The average Bonchev–Trinajstić information content (AvgIpc) is 2.20. The highest BCUT2D eigenvalue weighted by Gasteiger charge is 2.06. The van der Waals surface area contributed by atoms with Crippen molar-refractivity contribution in [3.8, 4) is 5.75 Å². The molecule has 0 aliphatic rings. The number of halogens is 1. The summed E-state index contributed by atoms with van der Waals surface area (Å²) < 4.78 is 5.03. The van der Waals surface area contributed by atoms with Gasteiger partial charge in [0.1, 0.15) is 5.75 Å². The van der Waals surface area contributed by atoms with Crippen LogP contribution in [0, 0.1) is 0 Å². The molecule has 1 N–H and O–H groups in total. The smallest absolute Gasteiger partial charge is 0.321 e. The molecule has 0 radical (unpaired) electrons. The van der Waals surface area contributed by atoms with E-state index in [0.717, 1.165) is 0 Å². The second-order valence-corrected chi connectivity index (χ2v) is 3.58. The lowest BCUT2D eigenvalue weighted by atomic mass is 10.3. The molecule has 82 valence electrons. The number of hydrogen-bond acceptors (Lipinski definition) is 2. The molecular formula is C10H13ClN2O2. The number of ether oxygens (including phenoxy) is 1. The van der Waals surface area contributed by atoms with Crippen LogP contribution in [0.3, 0.4) is 0 Å². The number of rotatable bonds is 2. The average molecular weight is 229 g/mol. The van der Waals surface area contributed by atoms with Crippen molar-refractivity contribution in [1.82, 2.24) is 4.90 Å². The van der Waals surface area contributed by atoms with Crippen LogP contribution in [0.1, 0.15) is 0 Å². The second-order valence-electron chi connectivity index (χ2n) is 3.17. The molecular weight excluding hydrogens is 216 g/mol. The third kappa shape index (κ3) is 3.02. The summed E-state index contributed by atoms with van der Waals surface area (Å²) in [5.74, 6) is 0.535. The normalized spacial score (nSPS) is 9.60. The molecule has 0 fully saturated rings. The minimum Gasteiger partial charge on any atom is -0.495 e. The van der Waals surface area contributed by atoms with Crippen molar-refractivity contribution in [1.29, 1.82) is 0 Å². The lowest BCUT2D eigenvalue weighted by Gasteiger charge is -2.12. The first-order valence-electron chi connectivity index (χ1n) is 4.36. The van der Waals surface area contributed by atoms with Crippen molar-refractivity contribution >= 4 is 23.3 Å². The number of methoxy groups -OCH3 is 1. The standard InChI is InChI=1S/C10H13ClN2O2/c1-13(2)10(14)12-7-4-5-8(11)9(6-7)15-3/h4-6H,1-3H3,(H,12,14). The van der Waals surface area contributed by atoms with Crippen LogP contribution in [0.15, 0.2) is 18.2 Å². The molecule has 0 aliphatic carbocycles. The van der Waals surface area contributed by atoms with Crippen LogP contribution in [0.4, 0.5) is 10.5 Å². The highest BCUT2D eigenvalue weighted by molar-refractivity contribution is 6.32. The maximum atomic E-state index is 11.3. The maximum Gasteiger partial charge on any atom is 0.321 e. The van der Waals surface area contributed by atoms with Gasteiger partial charge in [-0.3, -0.25) is 0 Å². The lowest BCUT2D eigenvalue weighted by Crippen LogP contribution is -2.27. The fourth-order valence-corrected chi connectivity index (χ4v) is 1.17. The first-order valence-corrected chi connectivity index (χ1v) is 4.74. The Labute approximate surface area is 93.8 Å². The molecule has 1 aromatic carbocycles. The number of hydrogen-bond donors (Lipinski definition) is 1. The van der Waals surface area contributed by atoms with Gasteiger partial charge in [-0.15, -0.1) is 0 Å². The predicted molar refractivity (Wildman–Crippen MR) is 60.7 cm³/mol. The van der Waals surface area contributed by atoms with E-state index in [9.17, 15) is 4.79 Å². The lowest BCUT2D eigenvalue weighted by molar-refractivity contribution is 0.230. The van der Waals surface area contributed by atoms with Crippen molar-refractivity contribution in [2.24, 2.45) is 0 Å². The van der Waals surface area contributed by atoms with Gasteiger partial charge in [0.05, 0.1) is 12.1 Å². The second kappa shape index (κ2) is 4.89. The van der Waals surface area contributed by atoms with Crippen molar-refractivity contribution in [2.75, 3.05) is 26.5 Å². The van der Waals surface area contributed by atoms with Gasteiger partial charge in [-0.2, -0.15) is 0 Å². The minimum absolute atomic E-state index is 0.195. The van der Waals surface area contributed by atoms with Crippen molar-refractivity contribution in [2.45, 2.75) is 0 Å². The van der Waals surface area contributed by atoms with Crippen LogP contribution in [-0.4, -0.2) is 32.1 Å². The molecule has 0 spiro atoms. The molecule has 0 aromatic heterocycles. The third-order valence-electron chi connectivity index (χ3n) is 1.81. The molecule has 15 heavy (non-hydrogen) atoms. The van der Waals surface area contributed by atoms with Gasteiger partial charge in [0.2, 0.25) is 0 Å². The van der Waals surface area contributed by atoms with Crippen LogP contribution in [0.5, 0.6) is 5.75 Å². The van der Waals surface area contributed by atoms with Gasteiger partial charge in [0.15, 0.2) is 0 Å². The molecule has 0 saturated carbocycles. The summed E-state index contributed by atoms with van der Waals surface area (Å²) in [6.07, 6.45) is 0. The molecule has 1 rings (SSSR count). The molecule has 4 nitrogen and oxygen atoms in total. The summed E-state index contributed by atoms with van der Waals surface area (Å²) in [6.45, 7) is 0. The summed E-state index contributed by atoms with van der Waals surface area (Å²) in [5.41, 5.74) is 0.648. The van der Waals surface area contributed by atoms with E-state index < -0.39 is 0 Å². The SMILES string of the molecule is COc1cc(NC(=O)N(C)C)ccc1Cl. The topological polar surface area (TPSA) is 41.6 Å². The van der Waals surface area contributed by atoms with Gasteiger partial charge in [0, 0.05) is 25.8 Å². The maximum absolute atomic E-state index is 11.3. The quantitative estimate of drug-likeness (QED) is 0.845. The Morgan fingerprint density at radius 2 is 2.13 bits per heavy atom. The number of nitrogens with one attached hydrogen (secondary N) is 1. The zero-order valence-electron chi connectivity index (χ0n) is 8.87. The molecule has 1 aromatic rings. The Morgan fingerprint density at radius 1 is 1.47 bits per heavy atom. The molecule has 5 heteroatoms. The highest BCUT2D eigenvalue weighted by atomic mass is 35.5. The van der Waals surface area contributed by atoms with E-state index >= 15 is 0 Å². The van der Waals surface area contributed by atoms with Gasteiger partial charge >= 0.3 is 6.03 Å². The molecule has 0 heterocycles. The number of nitrogens with zero attached hydrogens (tertiary/aromatic N) is 1. The predicted octanol–water partition coefficient (Wildman–Crippen LogP) is 2.44. The number of carbonyl (C=O) groups is 1. The van der Waals surface area contributed by atoms with Gasteiger partial charge in [-0.25, -0.2) is 4.79 Å². The first-order chi connectivity index (χ1) is 7.04. The van der Waals surface area contributed by atoms with Crippen LogP contribution < -0.4 is 10.1 Å². The summed E-state index contributed by atoms with van der Waals surface area (Å²) in [4.78, 5) is 12.8. The van der Waals surface area contributed by atoms with Crippen LogP contribution in [0.25, 0.3) is 0 Å². The van der Waals surface area contributed by atoms with E-state index in [2.05, 4.69) is 5.32 Å². The van der Waals surface area contributed by atoms with Crippen molar-refractivity contribution < 1.29 is 9.53 Å². The number of anilines is 1. The highest BCUT2D eigenvalue weighted by Crippen LogP contribution is 2.27. The fraction of sp³-hybridized carbons (Fsp3) is 0.300. The van der Waals surface area contributed by atoms with E-state index in [4.69, 9.17) is 16.3 Å². The summed E-state index contributed by atoms with van der Waals surface area (Å²) in [6, 6.07) is 4.86. The number of urea groups is 1. The molecule has 0 bridgehead atoms. The Balaban J connectivity index is 2.83. The third-order valence-corrected chi connectivity index (χ3v) is 2.12. The summed E-state index contributed by atoms with van der Waals surface area (Å²) >= 11 is 5.85. The molecule has 0 aliphatic heterocycles. The Hall–Kier alpha value is -1.42. The van der Waals surface area contributed by atoms with Crippen molar-refractivity contribution in [3.63, 3.8) is 0 Å². The molecule has 2 amide bonds. The zero-order chi connectivity index (χ0) is 11.4. The van der Waals surface area contributed by atoms with Crippen LogP contribution >= 0.6 is 11.6 Å². The van der Waals surface area contributed by atoms with E-state index in [-0.39, 0.29) is 6.03 Å². The van der Waals surface area contributed by atoms with E-state index in [1.165, 1.54) is 12.0 Å².